The number of ether oxygens (including phenoxy) is 1. The van der Waals surface area contributed by atoms with Crippen molar-refractivity contribution in [3.8, 4) is 0 Å². The number of hydrogen-bond acceptors (Lipinski definition) is 3. The van der Waals surface area contributed by atoms with Crippen LogP contribution in [0.3, 0.4) is 0 Å². The Morgan fingerprint density at radius 1 is 1.33 bits per heavy atom. The van der Waals surface area contributed by atoms with Crippen molar-refractivity contribution in [1.29, 1.82) is 0 Å². The van der Waals surface area contributed by atoms with Crippen LogP contribution in [0.2, 0.25) is 0 Å². The van der Waals surface area contributed by atoms with Gasteiger partial charge < -0.3 is 20.6 Å². The Bertz CT molecular complexity index is 546. The molecule has 1 saturated heterocycles. The third-order valence-corrected chi connectivity index (χ3v) is 6.31. The average molecular weight is 451 g/mol. The van der Waals surface area contributed by atoms with Crippen molar-refractivity contribution in [3.63, 3.8) is 0 Å². The second-order valence-electron chi connectivity index (χ2n) is 9.81. The highest BCUT2D eigenvalue weighted by Crippen LogP contribution is 2.43. The molecule has 0 aromatic carbocycles. The maximum atomic E-state index is 13.1. The molecule has 2 aliphatic rings. The van der Waals surface area contributed by atoms with Gasteiger partial charge in [0.2, 0.25) is 5.91 Å². The maximum Gasteiger partial charge on any atom is 0.239 e. The lowest BCUT2D eigenvalue weighted by molar-refractivity contribution is -0.138. The number of amides is 1. The molecule has 7 heteroatoms. The Labute approximate surface area is 189 Å². The van der Waals surface area contributed by atoms with Gasteiger partial charge in [-0.1, -0.05) is 39.8 Å². The minimum atomic E-state index is -0.204. The molecule has 30 heavy (non-hydrogen) atoms. The highest BCUT2D eigenvalue weighted by atomic mass is 35.5. The first-order valence-corrected chi connectivity index (χ1v) is 11.0. The minimum absolute atomic E-state index is 0. The van der Waals surface area contributed by atoms with Gasteiger partial charge in [0.15, 0.2) is 0 Å². The summed E-state index contributed by atoms with van der Waals surface area (Å²) in [5, 5.41) is 3.59. The largest absolute Gasteiger partial charge is 0.412 e. The molecule has 6 nitrogen and oxygen atoms in total. The number of carbonyl (C=O) groups is 1. The molecule has 0 bridgehead atoms. The first kappa shape index (κ1) is 31.5. The zero-order valence-corrected chi connectivity index (χ0v) is 19.9. The van der Waals surface area contributed by atoms with Crippen LogP contribution in [0.15, 0.2) is 11.6 Å². The van der Waals surface area contributed by atoms with Crippen LogP contribution in [0, 0.1) is 11.3 Å². The number of likely N-dealkylation sites (tertiary alicyclic amines) is 1. The topological polar surface area (TPSA) is 105 Å². The fourth-order valence-corrected chi connectivity index (χ4v) is 4.55. The summed E-state index contributed by atoms with van der Waals surface area (Å²) in [6.45, 7) is 14.8. The summed E-state index contributed by atoms with van der Waals surface area (Å²) < 4.78 is 5.75. The molecule has 2 unspecified atom stereocenters. The van der Waals surface area contributed by atoms with Gasteiger partial charge in [-0.25, -0.2) is 0 Å². The maximum absolute atomic E-state index is 13.1. The summed E-state index contributed by atoms with van der Waals surface area (Å²) in [7, 11) is 0. The number of carbonyl (C=O) groups excluding carboxylic acids is 1. The Hall–Kier alpha value is -0.660. The lowest BCUT2D eigenvalue weighted by atomic mass is 9.68. The van der Waals surface area contributed by atoms with Gasteiger partial charge in [-0.15, -0.1) is 11.6 Å². The fourth-order valence-electron chi connectivity index (χ4n) is 4.36. The van der Waals surface area contributed by atoms with Crippen LogP contribution >= 0.6 is 11.6 Å². The molecule has 1 aliphatic heterocycles. The van der Waals surface area contributed by atoms with Crippen LogP contribution in [-0.4, -0.2) is 58.6 Å². The SMILES string of the molecule is C.CC[C@@H](NCOC(C)(C)C)C(=O)N1CCC(C2=CCC(Cl)CC2)C(C)(C)C1.O.O. The molecule has 0 aromatic heterocycles. The van der Waals surface area contributed by atoms with Crippen LogP contribution in [0.25, 0.3) is 0 Å². The van der Waals surface area contributed by atoms with E-state index < -0.39 is 0 Å². The third kappa shape index (κ3) is 8.83. The van der Waals surface area contributed by atoms with E-state index in [1.54, 1.807) is 5.57 Å². The predicted molar refractivity (Wildman–Crippen MR) is 127 cm³/mol. The van der Waals surface area contributed by atoms with Crippen LogP contribution < -0.4 is 5.32 Å². The highest BCUT2D eigenvalue weighted by Gasteiger charge is 2.40. The number of halogens is 1. The summed E-state index contributed by atoms with van der Waals surface area (Å²) in [6.07, 6.45) is 7.37. The van der Waals surface area contributed by atoms with E-state index in [1.165, 1.54) is 0 Å². The molecule has 2 rings (SSSR count). The Kier molecular flexibility index (Phi) is 13.7. The molecule has 5 N–H and O–H groups in total. The lowest BCUT2D eigenvalue weighted by Crippen LogP contribution is -2.54. The van der Waals surface area contributed by atoms with Crippen molar-refractivity contribution in [2.24, 2.45) is 11.3 Å². The summed E-state index contributed by atoms with van der Waals surface area (Å²) >= 11 is 6.26. The number of alkyl halides is 1. The monoisotopic (exact) mass is 450 g/mol. The Morgan fingerprint density at radius 3 is 2.43 bits per heavy atom. The molecule has 3 atom stereocenters. The number of piperidine rings is 1. The lowest BCUT2D eigenvalue weighted by Gasteiger charge is -2.47. The van der Waals surface area contributed by atoms with Crippen molar-refractivity contribution >= 4 is 17.5 Å². The van der Waals surface area contributed by atoms with Crippen LogP contribution in [0.5, 0.6) is 0 Å². The standard InChI is InChI=1S/C22H39ClN2O2.CH4.2H2O/c1-7-19(24-15-27-21(2,3)4)20(26)25-13-12-18(22(5,6)14-25)16-8-10-17(23)11-9-16;;;/h8,17-19,24H,7,9-15H2,1-6H3;1H4;2*1H2/t17?,18?,19-;;;/m1.../s1. The van der Waals surface area contributed by atoms with Gasteiger partial charge in [0, 0.05) is 18.5 Å². The number of rotatable bonds is 6. The minimum Gasteiger partial charge on any atom is -0.412 e. The normalized spacial score (nSPS) is 24.5. The molecule has 1 amide bonds. The first-order valence-electron chi connectivity index (χ1n) is 10.5. The third-order valence-electron chi connectivity index (χ3n) is 5.91. The quantitative estimate of drug-likeness (QED) is 0.378. The molecule has 0 aromatic rings. The van der Waals surface area contributed by atoms with Crippen molar-refractivity contribution in [2.45, 2.75) is 98.1 Å². The van der Waals surface area contributed by atoms with E-state index in [4.69, 9.17) is 16.3 Å². The summed E-state index contributed by atoms with van der Waals surface area (Å²) in [4.78, 5) is 15.1. The fraction of sp³-hybridized carbons (Fsp3) is 0.870. The zero-order valence-electron chi connectivity index (χ0n) is 19.1. The first-order chi connectivity index (χ1) is 12.5. The van der Waals surface area contributed by atoms with E-state index >= 15 is 0 Å². The second kappa shape index (κ2) is 13.0. The Morgan fingerprint density at radius 2 is 1.97 bits per heavy atom. The predicted octanol–water partition coefficient (Wildman–Crippen LogP) is 3.71. The number of hydrogen-bond donors (Lipinski definition) is 1. The van der Waals surface area contributed by atoms with Crippen molar-refractivity contribution < 1.29 is 20.5 Å². The zero-order chi connectivity index (χ0) is 20.2. The summed E-state index contributed by atoms with van der Waals surface area (Å²) in [6, 6.07) is -0.175. The number of allylic oxidation sites excluding steroid dienone is 2. The van der Waals surface area contributed by atoms with Crippen molar-refractivity contribution in [1.82, 2.24) is 10.2 Å². The van der Waals surface area contributed by atoms with Crippen molar-refractivity contribution in [3.05, 3.63) is 11.6 Å². The second-order valence-corrected chi connectivity index (χ2v) is 10.4. The summed E-state index contributed by atoms with van der Waals surface area (Å²) in [5.41, 5.74) is 1.46. The van der Waals surface area contributed by atoms with E-state index in [2.05, 4.69) is 37.1 Å². The van der Waals surface area contributed by atoms with E-state index in [1.807, 2.05) is 20.8 Å². The van der Waals surface area contributed by atoms with Gasteiger partial charge in [0.05, 0.1) is 18.4 Å². The molecule has 180 valence electrons. The van der Waals surface area contributed by atoms with Gasteiger partial charge in [0.1, 0.15) is 0 Å². The molecular formula is C23H47ClN2O4. The molecule has 1 fully saturated rings. The van der Waals surface area contributed by atoms with Gasteiger partial charge in [-0.3, -0.25) is 10.1 Å². The number of nitrogens with one attached hydrogen (secondary N) is 1. The van der Waals surface area contributed by atoms with E-state index in [9.17, 15) is 4.79 Å². The smallest absolute Gasteiger partial charge is 0.239 e. The average Bonchev–Trinajstić information content (AvgIpc) is 2.57. The van der Waals surface area contributed by atoms with E-state index in [0.29, 0.717) is 18.0 Å². The van der Waals surface area contributed by atoms with Crippen LogP contribution in [-0.2, 0) is 9.53 Å². The van der Waals surface area contributed by atoms with Gasteiger partial charge >= 0.3 is 0 Å². The molecule has 1 aliphatic carbocycles. The highest BCUT2D eigenvalue weighted by molar-refractivity contribution is 6.20. The Balaban J connectivity index is 0. The summed E-state index contributed by atoms with van der Waals surface area (Å²) in [5.74, 6) is 0.767. The van der Waals surface area contributed by atoms with Crippen LogP contribution in [0.1, 0.15) is 81.1 Å². The number of nitrogens with zero attached hydrogens (tertiary/aromatic N) is 1. The molecule has 0 radical (unpaired) electrons. The van der Waals surface area contributed by atoms with Gasteiger partial charge in [-0.2, -0.15) is 0 Å². The van der Waals surface area contributed by atoms with Crippen LogP contribution in [0.4, 0.5) is 0 Å². The van der Waals surface area contributed by atoms with Crippen molar-refractivity contribution in [2.75, 3.05) is 19.8 Å². The van der Waals surface area contributed by atoms with Gasteiger partial charge in [0.25, 0.3) is 0 Å². The van der Waals surface area contributed by atoms with E-state index in [-0.39, 0.29) is 41.3 Å². The molecule has 0 saturated carbocycles. The molecular weight excluding hydrogens is 404 g/mol. The molecule has 0 spiro atoms. The molecule has 1 heterocycles. The van der Waals surface area contributed by atoms with Gasteiger partial charge in [-0.05, 0) is 64.2 Å². The van der Waals surface area contributed by atoms with E-state index in [0.717, 1.165) is 45.2 Å².